The number of nitrogens with one attached hydrogen (secondary N) is 2. The quantitative estimate of drug-likeness (QED) is 0.869. The van der Waals surface area contributed by atoms with Gasteiger partial charge in [0.25, 0.3) is 5.91 Å². The first kappa shape index (κ1) is 16.4. The Morgan fingerprint density at radius 3 is 2.65 bits per heavy atom. The van der Waals surface area contributed by atoms with Crippen molar-refractivity contribution in [1.29, 1.82) is 0 Å². The highest BCUT2D eigenvalue weighted by atomic mass is 32.2. The van der Waals surface area contributed by atoms with Crippen molar-refractivity contribution in [3.05, 3.63) is 23.2 Å². The van der Waals surface area contributed by atoms with Crippen LogP contribution in [0.25, 0.3) is 0 Å². The normalized spacial score (nSPS) is 22.3. The first-order chi connectivity index (χ1) is 11.0. The maximum Gasteiger partial charge on any atom is 0.255 e. The van der Waals surface area contributed by atoms with Gasteiger partial charge in [-0.3, -0.25) is 14.9 Å². The van der Waals surface area contributed by atoms with Crippen LogP contribution in [0.5, 0.6) is 0 Å². The van der Waals surface area contributed by atoms with Gasteiger partial charge in [0, 0.05) is 30.8 Å². The van der Waals surface area contributed by atoms with Gasteiger partial charge in [0.15, 0.2) is 0 Å². The van der Waals surface area contributed by atoms with E-state index in [0.29, 0.717) is 24.4 Å². The van der Waals surface area contributed by atoms with Crippen molar-refractivity contribution in [3.8, 4) is 0 Å². The van der Waals surface area contributed by atoms with E-state index in [2.05, 4.69) is 10.6 Å². The number of amides is 2. The lowest BCUT2D eigenvalue weighted by atomic mass is 10.0. The van der Waals surface area contributed by atoms with Gasteiger partial charge in [-0.2, -0.15) is 0 Å². The number of aryl methyl sites for hydroxylation is 2. The van der Waals surface area contributed by atoms with E-state index in [4.69, 9.17) is 4.42 Å². The van der Waals surface area contributed by atoms with Crippen molar-refractivity contribution in [1.82, 2.24) is 15.5 Å². The second kappa shape index (κ2) is 6.97. The maximum absolute atomic E-state index is 12.3. The third-order valence-corrected chi connectivity index (χ3v) is 5.38. The minimum Gasteiger partial charge on any atom is -0.466 e. The van der Waals surface area contributed by atoms with Gasteiger partial charge in [0.05, 0.1) is 11.6 Å². The highest BCUT2D eigenvalue weighted by molar-refractivity contribution is 7.99. The molecule has 0 bridgehead atoms. The summed E-state index contributed by atoms with van der Waals surface area (Å²) in [4.78, 5) is 26.6. The summed E-state index contributed by atoms with van der Waals surface area (Å²) < 4.78 is 5.41. The van der Waals surface area contributed by atoms with E-state index in [1.165, 1.54) is 0 Å². The number of hydrogen-bond donors (Lipinski definition) is 2. The zero-order valence-electron chi connectivity index (χ0n) is 13.6. The van der Waals surface area contributed by atoms with Gasteiger partial charge in [-0.15, -0.1) is 11.8 Å². The molecule has 3 heterocycles. The van der Waals surface area contributed by atoms with Crippen molar-refractivity contribution >= 4 is 23.6 Å². The number of rotatable bonds is 3. The Hall–Kier alpha value is -1.47. The molecule has 6 nitrogen and oxygen atoms in total. The molecule has 126 valence electrons. The summed E-state index contributed by atoms with van der Waals surface area (Å²) in [7, 11) is 0. The fourth-order valence-electron chi connectivity index (χ4n) is 3.14. The van der Waals surface area contributed by atoms with Gasteiger partial charge >= 0.3 is 0 Å². The minimum atomic E-state index is -0.0852. The average Bonchev–Trinajstić information content (AvgIpc) is 3.17. The number of piperidine rings is 1. The number of nitrogens with zero attached hydrogens (tertiary/aromatic N) is 1. The molecule has 0 saturated carbocycles. The number of likely N-dealkylation sites (tertiary alicyclic amines) is 1. The summed E-state index contributed by atoms with van der Waals surface area (Å²) in [6.07, 6.45) is 1.60. The number of carbonyl (C=O) groups is 2. The Balaban J connectivity index is 1.50. The Kier molecular flexibility index (Phi) is 4.96. The van der Waals surface area contributed by atoms with Crippen molar-refractivity contribution in [2.24, 2.45) is 0 Å². The first-order valence-corrected chi connectivity index (χ1v) is 9.18. The van der Waals surface area contributed by atoms with Gasteiger partial charge in [0.1, 0.15) is 11.5 Å². The Morgan fingerprint density at radius 2 is 2.09 bits per heavy atom. The number of carbonyl (C=O) groups excluding carboxylic acids is 2. The molecule has 0 aromatic carbocycles. The molecule has 23 heavy (non-hydrogen) atoms. The molecular weight excluding hydrogens is 314 g/mol. The number of furan rings is 1. The molecule has 2 aliphatic heterocycles. The molecule has 0 spiro atoms. The van der Waals surface area contributed by atoms with Crippen molar-refractivity contribution < 1.29 is 14.0 Å². The van der Waals surface area contributed by atoms with Crippen LogP contribution in [0.4, 0.5) is 0 Å². The van der Waals surface area contributed by atoms with E-state index >= 15 is 0 Å². The SMILES string of the molecule is Cc1cc(C(=O)NC2CCN(C(=O)C3CSCN3)CC2)c(C)o1. The van der Waals surface area contributed by atoms with E-state index in [9.17, 15) is 9.59 Å². The molecule has 2 N–H and O–H groups in total. The van der Waals surface area contributed by atoms with E-state index in [1.54, 1.807) is 24.8 Å². The number of thioether (sulfide) groups is 1. The van der Waals surface area contributed by atoms with Crippen LogP contribution in [0, 0.1) is 13.8 Å². The van der Waals surface area contributed by atoms with Gasteiger partial charge < -0.3 is 14.6 Å². The van der Waals surface area contributed by atoms with Crippen LogP contribution < -0.4 is 10.6 Å². The Morgan fingerprint density at radius 1 is 1.35 bits per heavy atom. The van der Waals surface area contributed by atoms with Crippen molar-refractivity contribution in [2.75, 3.05) is 24.7 Å². The molecule has 0 aliphatic carbocycles. The number of hydrogen-bond acceptors (Lipinski definition) is 5. The van der Waals surface area contributed by atoms with Gasteiger partial charge in [-0.1, -0.05) is 0 Å². The molecule has 7 heteroatoms. The predicted octanol–water partition coefficient (Wildman–Crippen LogP) is 1.28. The molecule has 0 radical (unpaired) electrons. The first-order valence-electron chi connectivity index (χ1n) is 8.02. The molecule has 2 amide bonds. The predicted molar refractivity (Wildman–Crippen MR) is 89.5 cm³/mol. The van der Waals surface area contributed by atoms with Crippen LogP contribution in [-0.2, 0) is 4.79 Å². The van der Waals surface area contributed by atoms with Crippen LogP contribution in [0.1, 0.15) is 34.7 Å². The molecule has 1 aromatic heterocycles. The molecule has 1 unspecified atom stereocenters. The van der Waals surface area contributed by atoms with E-state index in [0.717, 1.165) is 30.2 Å². The lowest BCUT2D eigenvalue weighted by Crippen LogP contribution is -2.51. The molecule has 2 fully saturated rings. The Labute approximate surface area is 140 Å². The summed E-state index contributed by atoms with van der Waals surface area (Å²) in [5.41, 5.74) is 0.605. The zero-order valence-corrected chi connectivity index (χ0v) is 14.4. The van der Waals surface area contributed by atoms with Crippen LogP contribution >= 0.6 is 11.8 Å². The second-order valence-corrected chi connectivity index (χ2v) is 7.20. The van der Waals surface area contributed by atoms with E-state index in [1.807, 2.05) is 11.8 Å². The largest absolute Gasteiger partial charge is 0.466 e. The van der Waals surface area contributed by atoms with Crippen LogP contribution in [-0.4, -0.2) is 53.5 Å². The Bertz CT molecular complexity index is 587. The van der Waals surface area contributed by atoms with Gasteiger partial charge in [-0.05, 0) is 32.8 Å². The topological polar surface area (TPSA) is 74.6 Å². The van der Waals surface area contributed by atoms with Crippen molar-refractivity contribution in [3.63, 3.8) is 0 Å². The van der Waals surface area contributed by atoms with Crippen LogP contribution in [0.3, 0.4) is 0 Å². The molecule has 2 saturated heterocycles. The molecule has 1 atom stereocenters. The van der Waals surface area contributed by atoms with Gasteiger partial charge in [0.2, 0.25) is 5.91 Å². The monoisotopic (exact) mass is 337 g/mol. The summed E-state index contributed by atoms with van der Waals surface area (Å²) in [6.45, 7) is 5.05. The standard InChI is InChI=1S/C16H23N3O3S/c1-10-7-13(11(2)22-10)15(20)18-12-3-5-19(6-4-12)16(21)14-8-23-9-17-14/h7,12,14,17H,3-6,8-9H2,1-2H3,(H,18,20). The summed E-state index contributed by atoms with van der Waals surface area (Å²) in [6, 6.07) is 1.85. The molecule has 3 rings (SSSR count). The summed E-state index contributed by atoms with van der Waals surface area (Å²) in [5.74, 6) is 3.22. The summed E-state index contributed by atoms with van der Waals surface area (Å²) >= 11 is 1.76. The molecular formula is C16H23N3O3S. The van der Waals surface area contributed by atoms with E-state index in [-0.39, 0.29) is 23.9 Å². The third kappa shape index (κ3) is 3.72. The highest BCUT2D eigenvalue weighted by Crippen LogP contribution is 2.18. The maximum atomic E-state index is 12.3. The average molecular weight is 337 g/mol. The summed E-state index contributed by atoms with van der Waals surface area (Å²) in [5, 5.41) is 6.28. The molecule has 2 aliphatic rings. The minimum absolute atomic E-state index is 0.0392. The zero-order chi connectivity index (χ0) is 16.4. The molecule has 1 aromatic rings. The lowest BCUT2D eigenvalue weighted by Gasteiger charge is -2.33. The van der Waals surface area contributed by atoms with Crippen LogP contribution in [0.15, 0.2) is 10.5 Å². The lowest BCUT2D eigenvalue weighted by molar-refractivity contribution is -0.133. The fraction of sp³-hybridized carbons (Fsp3) is 0.625. The third-order valence-electron chi connectivity index (χ3n) is 4.44. The smallest absolute Gasteiger partial charge is 0.255 e. The van der Waals surface area contributed by atoms with Gasteiger partial charge in [-0.25, -0.2) is 0 Å². The second-order valence-electron chi connectivity index (χ2n) is 6.17. The van der Waals surface area contributed by atoms with Crippen molar-refractivity contribution in [2.45, 2.75) is 38.8 Å². The highest BCUT2D eigenvalue weighted by Gasteiger charge is 2.30. The fourth-order valence-corrected chi connectivity index (χ4v) is 4.07. The van der Waals surface area contributed by atoms with Crippen LogP contribution in [0.2, 0.25) is 0 Å². The van der Waals surface area contributed by atoms with E-state index < -0.39 is 0 Å².